The fourth-order valence-electron chi connectivity index (χ4n) is 0.800. The Morgan fingerprint density at radius 1 is 1.47 bits per heavy atom. The van der Waals surface area contributed by atoms with Crippen LogP contribution in [0, 0.1) is 0 Å². The van der Waals surface area contributed by atoms with Gasteiger partial charge >= 0.3 is 34.9 Å². The van der Waals surface area contributed by atoms with Gasteiger partial charge in [0.15, 0.2) is 0 Å². The van der Waals surface area contributed by atoms with E-state index in [2.05, 4.69) is 11.6 Å². The summed E-state index contributed by atoms with van der Waals surface area (Å²) in [6, 6.07) is 1.42. The predicted octanol–water partition coefficient (Wildman–Crippen LogP) is -2.97. The number of H-pyrrole nitrogens is 1. The van der Waals surface area contributed by atoms with Crippen LogP contribution in [0.25, 0.3) is 0 Å². The van der Waals surface area contributed by atoms with Crippen molar-refractivity contribution < 1.29 is 48.2 Å². The first-order valence-corrected chi connectivity index (χ1v) is 3.72. The summed E-state index contributed by atoms with van der Waals surface area (Å²) in [6.45, 7) is 0. The van der Waals surface area contributed by atoms with E-state index in [4.69, 9.17) is 0 Å². The number of carbonyl (C=O) groups excluding carboxylic acids is 1. The number of hydrogen-bond donors (Lipinski definition) is 1. The van der Waals surface area contributed by atoms with E-state index in [0.29, 0.717) is 12.1 Å². The Labute approximate surface area is 110 Å². The minimum atomic E-state index is -3.73. The summed E-state index contributed by atoms with van der Waals surface area (Å²) in [4.78, 5) is 22.7. The van der Waals surface area contributed by atoms with Crippen LogP contribution in [0.2, 0.25) is 0 Å². The van der Waals surface area contributed by atoms with Gasteiger partial charge in [-0.15, -0.1) is 0 Å². The first kappa shape index (κ1) is 14.6. The second kappa shape index (κ2) is 5.07. The fourth-order valence-corrected chi connectivity index (χ4v) is 0.910. The summed E-state index contributed by atoms with van der Waals surface area (Å²) in [5.74, 6) is -1.74. The quantitative estimate of drug-likeness (QED) is 0.447. The molecule has 0 aliphatic rings. The van der Waals surface area contributed by atoms with Crippen molar-refractivity contribution in [1.82, 2.24) is 4.98 Å². The van der Waals surface area contributed by atoms with Crippen molar-refractivity contribution in [3.8, 4) is 0 Å². The molecular formula is C7H3ClF2NNaO3. The molecule has 0 saturated heterocycles. The Kier molecular flexibility index (Phi) is 4.92. The van der Waals surface area contributed by atoms with Crippen LogP contribution < -0.4 is 40.2 Å². The number of pyridine rings is 1. The van der Waals surface area contributed by atoms with Crippen molar-refractivity contribution in [2.75, 3.05) is 0 Å². The largest absolute Gasteiger partial charge is 1.00 e. The molecule has 15 heavy (non-hydrogen) atoms. The van der Waals surface area contributed by atoms with Gasteiger partial charge in [-0.2, -0.15) is 8.78 Å². The fraction of sp³-hybridized carbons (Fsp3) is 0.143. The molecule has 0 spiro atoms. The normalized spacial score (nSPS) is 10.6. The van der Waals surface area contributed by atoms with Crippen molar-refractivity contribution in [3.05, 3.63) is 33.7 Å². The van der Waals surface area contributed by atoms with E-state index in [1.807, 2.05) is 0 Å². The third-order valence-corrected chi connectivity index (χ3v) is 1.64. The molecule has 8 heteroatoms. The second-order valence-corrected chi connectivity index (χ2v) is 2.87. The average Bonchev–Trinajstić information content (AvgIpc) is 2.01. The molecule has 0 aliphatic carbocycles. The number of carboxylic acid groups (broad SMARTS) is 1. The number of aromatic carboxylic acids is 1. The number of aromatic nitrogens is 1. The molecule has 1 heterocycles. The summed E-state index contributed by atoms with van der Waals surface area (Å²) < 4.78 is 24.8. The number of carboxylic acids is 1. The predicted molar refractivity (Wildman–Crippen MR) is 41.1 cm³/mol. The SMILES string of the molecule is O=C([O-])c1ccc(C(F)(F)Cl)[nH]c1=O.[Na+]. The third kappa shape index (κ3) is 3.57. The van der Waals surface area contributed by atoms with Crippen LogP contribution >= 0.6 is 11.6 Å². The number of halogens is 3. The number of hydrogen-bond acceptors (Lipinski definition) is 3. The van der Waals surface area contributed by atoms with Crippen molar-refractivity contribution >= 4 is 17.6 Å². The second-order valence-electron chi connectivity index (χ2n) is 2.40. The molecule has 1 aromatic heterocycles. The Balaban J connectivity index is 0.00000196. The molecule has 0 atom stereocenters. The van der Waals surface area contributed by atoms with Crippen molar-refractivity contribution in [2.45, 2.75) is 5.38 Å². The van der Waals surface area contributed by atoms with E-state index in [1.165, 1.54) is 0 Å². The van der Waals surface area contributed by atoms with Crippen LogP contribution in [0.15, 0.2) is 16.9 Å². The molecule has 0 unspecified atom stereocenters. The van der Waals surface area contributed by atoms with E-state index < -0.39 is 28.2 Å². The molecule has 4 nitrogen and oxygen atoms in total. The van der Waals surface area contributed by atoms with Crippen molar-refractivity contribution in [2.24, 2.45) is 0 Å². The van der Waals surface area contributed by atoms with E-state index >= 15 is 0 Å². The summed E-state index contributed by atoms with van der Waals surface area (Å²) in [5, 5.41) is 6.50. The molecule has 0 bridgehead atoms. The molecule has 0 aromatic carbocycles. The maximum absolute atomic E-state index is 12.4. The van der Waals surface area contributed by atoms with Crippen LogP contribution in [0.4, 0.5) is 8.78 Å². The van der Waals surface area contributed by atoms with Gasteiger partial charge in [0.25, 0.3) is 5.56 Å². The molecule has 0 aliphatic heterocycles. The topological polar surface area (TPSA) is 73.0 Å². The Hall–Kier alpha value is -0.430. The summed E-state index contributed by atoms with van der Waals surface area (Å²) in [5.41, 5.74) is -2.77. The van der Waals surface area contributed by atoms with Gasteiger partial charge in [0.05, 0.1) is 11.5 Å². The van der Waals surface area contributed by atoms with Gasteiger partial charge in [-0.3, -0.25) is 4.79 Å². The van der Waals surface area contributed by atoms with Gasteiger partial charge in [0, 0.05) is 0 Å². The minimum Gasteiger partial charge on any atom is -0.545 e. The van der Waals surface area contributed by atoms with Crippen LogP contribution in [0.5, 0.6) is 0 Å². The first-order valence-electron chi connectivity index (χ1n) is 3.34. The van der Waals surface area contributed by atoms with Crippen LogP contribution in [-0.4, -0.2) is 11.0 Å². The summed E-state index contributed by atoms with van der Waals surface area (Å²) >= 11 is 4.60. The minimum absolute atomic E-state index is 0. The molecule has 0 saturated carbocycles. The van der Waals surface area contributed by atoms with Gasteiger partial charge in [-0.1, -0.05) is 0 Å². The molecular weight excluding hydrogens is 243 g/mol. The zero-order chi connectivity index (χ0) is 10.9. The van der Waals surface area contributed by atoms with Gasteiger partial charge < -0.3 is 14.9 Å². The Morgan fingerprint density at radius 3 is 2.33 bits per heavy atom. The van der Waals surface area contributed by atoms with Crippen molar-refractivity contribution in [1.29, 1.82) is 0 Å². The van der Waals surface area contributed by atoms with Crippen LogP contribution in [-0.2, 0) is 5.38 Å². The number of alkyl halides is 3. The van der Waals surface area contributed by atoms with Gasteiger partial charge in [-0.25, -0.2) is 0 Å². The maximum atomic E-state index is 12.4. The smallest absolute Gasteiger partial charge is 0.545 e. The summed E-state index contributed by atoms with van der Waals surface area (Å²) in [7, 11) is 0. The monoisotopic (exact) mass is 245 g/mol. The number of rotatable bonds is 2. The number of nitrogens with one attached hydrogen (secondary N) is 1. The zero-order valence-electron chi connectivity index (χ0n) is 7.51. The van der Waals surface area contributed by atoms with Crippen molar-refractivity contribution in [3.63, 3.8) is 0 Å². The maximum Gasteiger partial charge on any atom is 1.00 e. The van der Waals surface area contributed by atoms with E-state index in [9.17, 15) is 23.5 Å². The molecule has 76 valence electrons. The molecule has 0 radical (unpaired) electrons. The molecule has 1 rings (SSSR count). The average molecular weight is 246 g/mol. The number of carbonyl (C=O) groups is 1. The number of aromatic amines is 1. The van der Waals surface area contributed by atoms with Gasteiger partial charge in [-0.05, 0) is 23.7 Å². The molecule has 1 aromatic rings. The van der Waals surface area contributed by atoms with Crippen LogP contribution in [0.3, 0.4) is 0 Å². The molecule has 0 amide bonds. The van der Waals surface area contributed by atoms with E-state index in [0.717, 1.165) is 0 Å². The first-order chi connectivity index (χ1) is 6.32. The Bertz CT molecular complexity index is 429. The zero-order valence-corrected chi connectivity index (χ0v) is 10.3. The molecule has 0 fully saturated rings. The van der Waals surface area contributed by atoms with Gasteiger partial charge in [0.2, 0.25) is 0 Å². The van der Waals surface area contributed by atoms with E-state index in [1.54, 1.807) is 4.98 Å². The Morgan fingerprint density at radius 2 is 2.00 bits per heavy atom. The third-order valence-electron chi connectivity index (χ3n) is 1.43. The van der Waals surface area contributed by atoms with Crippen LogP contribution in [0.1, 0.15) is 16.1 Å². The van der Waals surface area contributed by atoms with E-state index in [-0.39, 0.29) is 29.6 Å². The van der Waals surface area contributed by atoms with Gasteiger partial charge in [0.1, 0.15) is 5.69 Å². The molecule has 1 N–H and O–H groups in total. The standard InChI is InChI=1S/C7H4ClF2NO3.Na/c8-7(9,10)4-2-1-3(6(13)14)5(12)11-4;/h1-2H,(H,11,12)(H,13,14);/q;+1/p-1. The summed E-state index contributed by atoms with van der Waals surface area (Å²) in [6.07, 6.45) is 0.